The van der Waals surface area contributed by atoms with Crippen LogP contribution < -0.4 is 5.32 Å². The fourth-order valence-corrected chi connectivity index (χ4v) is 3.47. The first-order chi connectivity index (χ1) is 10.7. The molecule has 1 N–H and O–H groups in total. The highest BCUT2D eigenvalue weighted by Crippen LogP contribution is 2.24. The van der Waals surface area contributed by atoms with Crippen molar-refractivity contribution in [3.05, 3.63) is 11.6 Å². The summed E-state index contributed by atoms with van der Waals surface area (Å²) in [4.78, 5) is 30.2. The van der Waals surface area contributed by atoms with Gasteiger partial charge < -0.3 is 10.2 Å². The fraction of sp³-hybridized carbons (Fsp3) is 0.688. The molecule has 0 spiro atoms. The summed E-state index contributed by atoms with van der Waals surface area (Å²) in [5.41, 5.74) is 0. The maximum Gasteiger partial charge on any atom is 0.245 e. The Balaban J connectivity index is 1.90. The summed E-state index contributed by atoms with van der Waals surface area (Å²) in [6.45, 7) is 2.84. The number of hydrogen-bond donors (Lipinski definition) is 1. The first-order valence-corrected chi connectivity index (χ1v) is 9.04. The Bertz CT molecular complexity index is 470. The van der Waals surface area contributed by atoms with Crippen molar-refractivity contribution in [2.24, 2.45) is 5.92 Å². The molecule has 2 rings (SSSR count). The number of nitrogens with one attached hydrogen (secondary N) is 1. The molecule has 1 aliphatic rings. The van der Waals surface area contributed by atoms with Crippen molar-refractivity contribution in [1.82, 2.24) is 9.88 Å². The Labute approximate surface area is 136 Å². The molecule has 1 saturated carbocycles. The highest BCUT2D eigenvalue weighted by Gasteiger charge is 2.22. The van der Waals surface area contributed by atoms with Crippen LogP contribution in [0.4, 0.5) is 5.13 Å². The van der Waals surface area contributed by atoms with Gasteiger partial charge in [-0.15, -0.1) is 11.3 Å². The molecule has 5 nitrogen and oxygen atoms in total. The summed E-state index contributed by atoms with van der Waals surface area (Å²) in [6.07, 6.45) is 9.10. The van der Waals surface area contributed by atoms with Crippen molar-refractivity contribution in [3.63, 3.8) is 0 Å². The van der Waals surface area contributed by atoms with E-state index in [4.69, 9.17) is 0 Å². The zero-order valence-electron chi connectivity index (χ0n) is 13.2. The van der Waals surface area contributed by atoms with Gasteiger partial charge in [0.2, 0.25) is 11.8 Å². The lowest BCUT2D eigenvalue weighted by molar-refractivity contribution is -0.135. The molecule has 122 valence electrons. The van der Waals surface area contributed by atoms with E-state index in [1.165, 1.54) is 43.4 Å². The van der Waals surface area contributed by atoms with Crippen molar-refractivity contribution in [3.8, 4) is 0 Å². The molecule has 6 heteroatoms. The maximum absolute atomic E-state index is 12.3. The van der Waals surface area contributed by atoms with Gasteiger partial charge in [-0.2, -0.15) is 0 Å². The lowest BCUT2D eigenvalue weighted by atomic mass is 9.89. The summed E-state index contributed by atoms with van der Waals surface area (Å²) < 4.78 is 0. The molecule has 0 atom stereocenters. The van der Waals surface area contributed by atoms with Gasteiger partial charge in [0.25, 0.3) is 0 Å². The third-order valence-corrected chi connectivity index (χ3v) is 4.72. The van der Waals surface area contributed by atoms with Gasteiger partial charge in [0, 0.05) is 24.5 Å². The van der Waals surface area contributed by atoms with Crippen LogP contribution in [0.2, 0.25) is 0 Å². The first-order valence-electron chi connectivity index (χ1n) is 8.16. The largest absolute Gasteiger partial charge is 0.333 e. The standard InChI is InChI=1S/C16H25N3O2S/c1-2-6-15(21)19(11-13-7-4-3-5-8-13)12-14(20)18-16-17-9-10-22-16/h9-10,13H,2-8,11-12H2,1H3,(H,17,18,20). The average molecular weight is 323 g/mol. The van der Waals surface area contributed by atoms with E-state index in [-0.39, 0.29) is 18.4 Å². The average Bonchev–Trinajstić information content (AvgIpc) is 3.00. The molecule has 0 saturated heterocycles. The van der Waals surface area contributed by atoms with Crippen LogP contribution in [0.25, 0.3) is 0 Å². The molecule has 0 aromatic carbocycles. The lowest BCUT2D eigenvalue weighted by Crippen LogP contribution is -2.41. The second-order valence-electron chi connectivity index (χ2n) is 5.91. The van der Waals surface area contributed by atoms with E-state index < -0.39 is 0 Å². The SMILES string of the molecule is CCCC(=O)N(CC(=O)Nc1nccs1)CC1CCCCC1. The first kappa shape index (κ1) is 16.9. The van der Waals surface area contributed by atoms with Gasteiger partial charge in [0.05, 0.1) is 6.54 Å². The van der Waals surface area contributed by atoms with Gasteiger partial charge >= 0.3 is 0 Å². The third kappa shape index (κ3) is 5.40. The van der Waals surface area contributed by atoms with Crippen LogP contribution in [0, 0.1) is 5.92 Å². The van der Waals surface area contributed by atoms with Crippen LogP contribution in [-0.4, -0.2) is 34.8 Å². The molecule has 0 radical (unpaired) electrons. The fourth-order valence-electron chi connectivity index (χ4n) is 2.93. The predicted octanol–water partition coefficient (Wildman–Crippen LogP) is 3.29. The van der Waals surface area contributed by atoms with Crippen molar-refractivity contribution in [2.45, 2.75) is 51.9 Å². The normalized spacial score (nSPS) is 15.5. The van der Waals surface area contributed by atoms with E-state index in [1.807, 2.05) is 12.3 Å². The highest BCUT2D eigenvalue weighted by molar-refractivity contribution is 7.13. The van der Waals surface area contributed by atoms with Gasteiger partial charge in [0.15, 0.2) is 5.13 Å². The minimum Gasteiger partial charge on any atom is -0.333 e. The van der Waals surface area contributed by atoms with E-state index in [0.29, 0.717) is 24.0 Å². The van der Waals surface area contributed by atoms with Crippen molar-refractivity contribution in [2.75, 3.05) is 18.4 Å². The number of thiazole rings is 1. The molecule has 1 aromatic rings. The summed E-state index contributed by atoms with van der Waals surface area (Å²) in [5.74, 6) is 0.472. The highest BCUT2D eigenvalue weighted by atomic mass is 32.1. The van der Waals surface area contributed by atoms with Gasteiger partial charge in [-0.25, -0.2) is 4.98 Å². The number of nitrogens with zero attached hydrogens (tertiary/aromatic N) is 2. The van der Waals surface area contributed by atoms with E-state index in [9.17, 15) is 9.59 Å². The van der Waals surface area contributed by atoms with Gasteiger partial charge in [-0.05, 0) is 25.2 Å². The Hall–Kier alpha value is -1.43. The number of anilines is 1. The maximum atomic E-state index is 12.3. The number of carbonyl (C=O) groups is 2. The van der Waals surface area contributed by atoms with Gasteiger partial charge in [0.1, 0.15) is 0 Å². The summed E-state index contributed by atoms with van der Waals surface area (Å²) in [6, 6.07) is 0. The topological polar surface area (TPSA) is 62.3 Å². The van der Waals surface area contributed by atoms with Crippen LogP contribution >= 0.6 is 11.3 Å². The van der Waals surface area contributed by atoms with Gasteiger partial charge in [-0.3, -0.25) is 9.59 Å². The summed E-state index contributed by atoms with van der Waals surface area (Å²) in [7, 11) is 0. The number of aromatic nitrogens is 1. The zero-order chi connectivity index (χ0) is 15.8. The molecule has 0 unspecified atom stereocenters. The summed E-state index contributed by atoms with van der Waals surface area (Å²) >= 11 is 1.39. The third-order valence-electron chi connectivity index (χ3n) is 4.03. The van der Waals surface area contributed by atoms with Crippen LogP contribution in [0.15, 0.2) is 11.6 Å². The molecule has 1 fully saturated rings. The summed E-state index contributed by atoms with van der Waals surface area (Å²) in [5, 5.41) is 5.17. The lowest BCUT2D eigenvalue weighted by Gasteiger charge is -2.29. The minimum atomic E-state index is -0.157. The van der Waals surface area contributed by atoms with Crippen LogP contribution in [0.3, 0.4) is 0 Å². The van der Waals surface area contributed by atoms with Crippen LogP contribution in [0.5, 0.6) is 0 Å². The number of carbonyl (C=O) groups excluding carboxylic acids is 2. The molecule has 0 bridgehead atoms. The molecule has 1 aliphatic carbocycles. The minimum absolute atomic E-state index is 0.0855. The molecule has 1 heterocycles. The van der Waals surface area contributed by atoms with Crippen molar-refractivity contribution in [1.29, 1.82) is 0 Å². The molecular weight excluding hydrogens is 298 g/mol. The number of amides is 2. The second-order valence-corrected chi connectivity index (χ2v) is 6.81. The monoisotopic (exact) mass is 323 g/mol. The number of hydrogen-bond acceptors (Lipinski definition) is 4. The molecule has 22 heavy (non-hydrogen) atoms. The zero-order valence-corrected chi connectivity index (χ0v) is 14.0. The molecule has 2 amide bonds. The molecular formula is C16H25N3O2S. The van der Waals surface area contributed by atoms with Gasteiger partial charge in [-0.1, -0.05) is 26.2 Å². The number of rotatable bonds is 7. The Morgan fingerprint density at radius 3 is 2.77 bits per heavy atom. The van der Waals surface area contributed by atoms with E-state index >= 15 is 0 Å². The van der Waals surface area contributed by atoms with E-state index in [2.05, 4.69) is 10.3 Å². The van der Waals surface area contributed by atoms with Crippen LogP contribution in [-0.2, 0) is 9.59 Å². The van der Waals surface area contributed by atoms with E-state index in [0.717, 1.165) is 6.42 Å². The Morgan fingerprint density at radius 1 is 1.36 bits per heavy atom. The second kappa shape index (κ2) is 8.88. The molecule has 0 aliphatic heterocycles. The molecule has 1 aromatic heterocycles. The van der Waals surface area contributed by atoms with Crippen molar-refractivity contribution < 1.29 is 9.59 Å². The van der Waals surface area contributed by atoms with Crippen molar-refractivity contribution >= 4 is 28.3 Å². The quantitative estimate of drug-likeness (QED) is 0.837. The van der Waals surface area contributed by atoms with Crippen LogP contribution in [0.1, 0.15) is 51.9 Å². The smallest absolute Gasteiger partial charge is 0.245 e. The predicted molar refractivity (Wildman–Crippen MR) is 88.8 cm³/mol. The Morgan fingerprint density at radius 2 is 2.14 bits per heavy atom. The Kier molecular flexibility index (Phi) is 6.83. The van der Waals surface area contributed by atoms with E-state index in [1.54, 1.807) is 11.1 Å².